The van der Waals surface area contributed by atoms with Crippen molar-refractivity contribution in [2.45, 2.75) is 32.3 Å². The summed E-state index contributed by atoms with van der Waals surface area (Å²) in [6.07, 6.45) is 1.44. The van der Waals surface area contributed by atoms with Gasteiger partial charge in [-0.15, -0.1) is 11.3 Å². The summed E-state index contributed by atoms with van der Waals surface area (Å²) in [5.74, 6) is -0.448. The average molecular weight is 334 g/mol. The van der Waals surface area contributed by atoms with Gasteiger partial charge in [-0.3, -0.25) is 9.52 Å². The second-order valence-electron chi connectivity index (χ2n) is 4.64. The Kier molecular flexibility index (Phi) is 5.54. The molecule has 2 rings (SSSR count). The van der Waals surface area contributed by atoms with E-state index in [0.29, 0.717) is 18.9 Å². The highest BCUT2D eigenvalue weighted by molar-refractivity contribution is 7.92. The van der Waals surface area contributed by atoms with Crippen LogP contribution in [0.1, 0.15) is 25.5 Å². The number of rotatable bonds is 7. The third-order valence-electron chi connectivity index (χ3n) is 2.85. The van der Waals surface area contributed by atoms with E-state index in [4.69, 9.17) is 9.47 Å². The predicted molar refractivity (Wildman–Crippen MR) is 78.8 cm³/mol. The molecule has 1 unspecified atom stereocenters. The Morgan fingerprint density at radius 3 is 3.10 bits per heavy atom. The van der Waals surface area contributed by atoms with Crippen LogP contribution in [0.2, 0.25) is 0 Å². The quantitative estimate of drug-likeness (QED) is 0.752. The van der Waals surface area contributed by atoms with Crippen LogP contribution in [0.25, 0.3) is 0 Å². The van der Waals surface area contributed by atoms with Crippen LogP contribution in [-0.2, 0) is 30.7 Å². The van der Waals surface area contributed by atoms with E-state index in [2.05, 4.69) is 9.71 Å². The molecular weight excluding hydrogens is 316 g/mol. The molecule has 118 valence electrons. The SMILES string of the molecule is CCOC(=O)Cc1csc(NS(=O)(=O)CC2CCCO2)n1. The van der Waals surface area contributed by atoms with E-state index < -0.39 is 10.0 Å². The number of anilines is 1. The number of hydrogen-bond acceptors (Lipinski definition) is 7. The number of aromatic nitrogens is 1. The monoisotopic (exact) mass is 334 g/mol. The molecule has 0 saturated carbocycles. The fourth-order valence-electron chi connectivity index (χ4n) is 1.99. The molecule has 21 heavy (non-hydrogen) atoms. The normalized spacial score (nSPS) is 18.6. The molecule has 0 aliphatic carbocycles. The number of thiazole rings is 1. The summed E-state index contributed by atoms with van der Waals surface area (Å²) in [7, 11) is -3.49. The number of hydrogen-bond donors (Lipinski definition) is 1. The van der Waals surface area contributed by atoms with Gasteiger partial charge in [-0.25, -0.2) is 13.4 Å². The van der Waals surface area contributed by atoms with Crippen LogP contribution in [0.4, 0.5) is 5.13 Å². The lowest BCUT2D eigenvalue weighted by Gasteiger charge is -2.10. The predicted octanol–water partition coefficient (Wildman–Crippen LogP) is 1.17. The van der Waals surface area contributed by atoms with Crippen LogP contribution in [0, 0.1) is 0 Å². The number of esters is 1. The van der Waals surface area contributed by atoms with E-state index in [1.807, 2.05) is 0 Å². The number of nitrogens with one attached hydrogen (secondary N) is 1. The molecule has 0 aromatic carbocycles. The van der Waals surface area contributed by atoms with Gasteiger partial charge >= 0.3 is 5.97 Å². The lowest BCUT2D eigenvalue weighted by Crippen LogP contribution is -2.25. The summed E-state index contributed by atoms with van der Waals surface area (Å²) in [6.45, 7) is 2.65. The smallest absolute Gasteiger partial charge is 0.311 e. The lowest BCUT2D eigenvalue weighted by atomic mass is 10.3. The number of carbonyl (C=O) groups excluding carboxylic acids is 1. The highest BCUT2D eigenvalue weighted by atomic mass is 32.2. The summed E-state index contributed by atoms with van der Waals surface area (Å²) in [5, 5.41) is 1.90. The number of sulfonamides is 1. The highest BCUT2D eigenvalue weighted by Crippen LogP contribution is 2.20. The summed E-state index contributed by atoms with van der Waals surface area (Å²) in [5.41, 5.74) is 0.494. The fraction of sp³-hybridized carbons (Fsp3) is 0.667. The van der Waals surface area contributed by atoms with Crippen molar-refractivity contribution in [2.24, 2.45) is 0 Å². The van der Waals surface area contributed by atoms with Gasteiger partial charge in [-0.2, -0.15) is 0 Å². The van der Waals surface area contributed by atoms with Gasteiger partial charge in [-0.05, 0) is 19.8 Å². The summed E-state index contributed by atoms with van der Waals surface area (Å²) in [6, 6.07) is 0. The minimum absolute atomic E-state index is 0.0395. The van der Waals surface area contributed by atoms with E-state index in [-0.39, 0.29) is 29.4 Å². The van der Waals surface area contributed by atoms with E-state index in [0.717, 1.165) is 24.2 Å². The Morgan fingerprint density at radius 1 is 1.62 bits per heavy atom. The van der Waals surface area contributed by atoms with Gasteiger partial charge in [0.05, 0.1) is 30.6 Å². The van der Waals surface area contributed by atoms with Crippen molar-refractivity contribution in [3.8, 4) is 0 Å². The first kappa shape index (κ1) is 16.2. The largest absolute Gasteiger partial charge is 0.466 e. The molecule has 1 atom stereocenters. The summed E-state index contributed by atoms with van der Waals surface area (Å²) >= 11 is 1.14. The molecule has 0 bridgehead atoms. The van der Waals surface area contributed by atoms with Gasteiger partial charge in [-0.1, -0.05) is 0 Å². The maximum absolute atomic E-state index is 12.0. The van der Waals surface area contributed by atoms with Crippen LogP contribution < -0.4 is 4.72 Å². The topological polar surface area (TPSA) is 94.6 Å². The van der Waals surface area contributed by atoms with Crippen LogP contribution >= 0.6 is 11.3 Å². The van der Waals surface area contributed by atoms with E-state index in [9.17, 15) is 13.2 Å². The van der Waals surface area contributed by atoms with Gasteiger partial charge in [0.2, 0.25) is 10.0 Å². The molecule has 9 heteroatoms. The van der Waals surface area contributed by atoms with E-state index in [1.165, 1.54) is 0 Å². The Hall–Kier alpha value is -1.19. The van der Waals surface area contributed by atoms with Gasteiger partial charge in [0.1, 0.15) is 0 Å². The second-order valence-corrected chi connectivity index (χ2v) is 7.27. The number of carbonyl (C=O) groups is 1. The summed E-state index contributed by atoms with van der Waals surface area (Å²) in [4.78, 5) is 15.4. The van der Waals surface area contributed by atoms with Gasteiger partial charge in [0.25, 0.3) is 0 Å². The molecule has 1 fully saturated rings. The van der Waals surface area contributed by atoms with Crippen molar-refractivity contribution in [1.82, 2.24) is 4.98 Å². The standard InChI is InChI=1S/C12H18N2O5S2/c1-2-18-11(15)6-9-7-20-12(13-9)14-21(16,17)8-10-4-3-5-19-10/h7,10H,2-6,8H2,1H3,(H,13,14). The molecule has 0 amide bonds. The zero-order valence-corrected chi connectivity index (χ0v) is 13.3. The molecule has 1 aromatic rings. The highest BCUT2D eigenvalue weighted by Gasteiger charge is 2.24. The maximum atomic E-state index is 12.0. The van der Waals surface area contributed by atoms with Crippen LogP contribution in [0.15, 0.2) is 5.38 Å². The Labute approximate surface area is 127 Å². The second kappa shape index (κ2) is 7.19. The molecular formula is C12H18N2O5S2. The first-order valence-corrected chi connectivity index (χ1v) is 9.24. The molecule has 1 aromatic heterocycles. The Morgan fingerprint density at radius 2 is 2.43 bits per heavy atom. The Bertz CT molecular complexity index is 578. The van der Waals surface area contributed by atoms with Crippen molar-refractivity contribution < 1.29 is 22.7 Å². The number of ether oxygens (including phenoxy) is 2. The Balaban J connectivity index is 1.90. The van der Waals surface area contributed by atoms with Crippen molar-refractivity contribution in [2.75, 3.05) is 23.7 Å². The van der Waals surface area contributed by atoms with E-state index in [1.54, 1.807) is 12.3 Å². The van der Waals surface area contributed by atoms with Crippen molar-refractivity contribution in [1.29, 1.82) is 0 Å². The van der Waals surface area contributed by atoms with Crippen molar-refractivity contribution >= 4 is 32.5 Å². The van der Waals surface area contributed by atoms with Crippen LogP contribution in [0.3, 0.4) is 0 Å². The van der Waals surface area contributed by atoms with Crippen LogP contribution in [0.5, 0.6) is 0 Å². The van der Waals surface area contributed by atoms with Gasteiger partial charge in [0.15, 0.2) is 5.13 Å². The zero-order valence-electron chi connectivity index (χ0n) is 11.7. The van der Waals surface area contributed by atoms with Crippen LogP contribution in [-0.4, -0.2) is 44.4 Å². The molecule has 1 N–H and O–H groups in total. The van der Waals surface area contributed by atoms with E-state index >= 15 is 0 Å². The average Bonchev–Trinajstić information content (AvgIpc) is 3.01. The maximum Gasteiger partial charge on any atom is 0.311 e. The first-order chi connectivity index (χ1) is 9.98. The molecule has 7 nitrogen and oxygen atoms in total. The molecule has 0 spiro atoms. The minimum Gasteiger partial charge on any atom is -0.466 e. The van der Waals surface area contributed by atoms with Gasteiger partial charge in [0, 0.05) is 12.0 Å². The summed E-state index contributed by atoms with van der Waals surface area (Å²) < 4.78 is 36.5. The minimum atomic E-state index is -3.49. The van der Waals surface area contributed by atoms with Crippen molar-refractivity contribution in [3.63, 3.8) is 0 Å². The third-order valence-corrected chi connectivity index (χ3v) is 5.11. The molecule has 1 aliphatic heterocycles. The number of nitrogens with zero attached hydrogens (tertiary/aromatic N) is 1. The lowest BCUT2D eigenvalue weighted by molar-refractivity contribution is -0.142. The zero-order chi connectivity index (χ0) is 15.3. The van der Waals surface area contributed by atoms with Crippen molar-refractivity contribution in [3.05, 3.63) is 11.1 Å². The molecule has 0 radical (unpaired) electrons. The fourth-order valence-corrected chi connectivity index (χ4v) is 4.26. The molecule has 1 saturated heterocycles. The van der Waals surface area contributed by atoms with Gasteiger partial charge < -0.3 is 9.47 Å². The third kappa shape index (κ3) is 5.25. The first-order valence-electron chi connectivity index (χ1n) is 6.70. The molecule has 2 heterocycles. The molecule has 1 aliphatic rings.